The predicted molar refractivity (Wildman–Crippen MR) is 168 cm³/mol. The van der Waals surface area contributed by atoms with Gasteiger partial charge in [-0.1, -0.05) is 36.4 Å². The first-order valence-corrected chi connectivity index (χ1v) is 14.0. The summed E-state index contributed by atoms with van der Waals surface area (Å²) in [5, 5.41) is 33.8. The van der Waals surface area contributed by atoms with Gasteiger partial charge in [-0.3, -0.25) is 14.4 Å². The number of phenols is 3. The summed E-state index contributed by atoms with van der Waals surface area (Å²) in [7, 11) is 0. The van der Waals surface area contributed by atoms with E-state index in [0.29, 0.717) is 45.4 Å². The molecule has 43 heavy (non-hydrogen) atoms. The van der Waals surface area contributed by atoms with E-state index in [2.05, 4.69) is 10.6 Å². The second kappa shape index (κ2) is 17.5. The van der Waals surface area contributed by atoms with E-state index < -0.39 is 0 Å². The van der Waals surface area contributed by atoms with Crippen LogP contribution < -0.4 is 10.6 Å². The number of phenolic OH excluding ortho intramolecular Hbond substituents is 3. The average molecular weight is 584 g/mol. The summed E-state index contributed by atoms with van der Waals surface area (Å²) in [6.45, 7) is 1.75. The minimum atomic E-state index is -0.256. The number of amides is 3. The first kappa shape index (κ1) is 32.2. The fourth-order valence-corrected chi connectivity index (χ4v) is 3.94. The van der Waals surface area contributed by atoms with Crippen molar-refractivity contribution in [1.82, 2.24) is 15.5 Å². The Kier molecular flexibility index (Phi) is 13.1. The first-order valence-electron chi connectivity index (χ1n) is 14.0. The molecule has 9 nitrogen and oxygen atoms in total. The van der Waals surface area contributed by atoms with Gasteiger partial charge in [0.15, 0.2) is 0 Å². The van der Waals surface area contributed by atoms with E-state index in [4.69, 9.17) is 0 Å². The largest absolute Gasteiger partial charge is 0.508 e. The maximum atomic E-state index is 13.0. The zero-order valence-electron chi connectivity index (χ0n) is 23.9. The highest BCUT2D eigenvalue weighted by molar-refractivity contribution is 5.93. The molecule has 0 aliphatic rings. The maximum absolute atomic E-state index is 13.0. The van der Waals surface area contributed by atoms with Gasteiger partial charge in [0.1, 0.15) is 17.2 Å². The lowest BCUT2D eigenvalue weighted by atomic mass is 10.2. The van der Waals surface area contributed by atoms with Gasteiger partial charge in [-0.15, -0.1) is 0 Å². The lowest BCUT2D eigenvalue weighted by Crippen LogP contribution is -2.34. The van der Waals surface area contributed by atoms with Gasteiger partial charge >= 0.3 is 0 Å². The third kappa shape index (κ3) is 12.8. The van der Waals surface area contributed by atoms with Crippen LogP contribution in [0.1, 0.15) is 36.0 Å². The van der Waals surface area contributed by atoms with Crippen molar-refractivity contribution in [3.05, 3.63) is 108 Å². The summed E-state index contributed by atoms with van der Waals surface area (Å²) < 4.78 is 0. The highest BCUT2D eigenvalue weighted by atomic mass is 16.3. The minimum Gasteiger partial charge on any atom is -0.508 e. The average Bonchev–Trinajstić information content (AvgIpc) is 3.01. The predicted octanol–water partition coefficient (Wildman–Crippen LogP) is 4.47. The fourth-order valence-electron chi connectivity index (χ4n) is 3.94. The van der Waals surface area contributed by atoms with Crippen LogP contribution in [0, 0.1) is 0 Å². The zero-order valence-corrected chi connectivity index (χ0v) is 23.9. The van der Waals surface area contributed by atoms with E-state index in [9.17, 15) is 29.7 Å². The molecule has 0 aromatic heterocycles. The zero-order chi connectivity index (χ0) is 30.9. The fraction of sp³-hybridized carbons (Fsp3) is 0.206. The minimum absolute atomic E-state index is 0.146. The Balaban J connectivity index is 1.45. The highest BCUT2D eigenvalue weighted by Crippen LogP contribution is 2.13. The summed E-state index contributed by atoms with van der Waals surface area (Å²) in [5.74, 6) is -0.196. The lowest BCUT2D eigenvalue weighted by Gasteiger charge is -2.21. The van der Waals surface area contributed by atoms with Crippen LogP contribution in [0.5, 0.6) is 17.2 Å². The normalized spacial score (nSPS) is 11.3. The molecule has 0 aliphatic carbocycles. The third-order valence-corrected chi connectivity index (χ3v) is 6.32. The number of carbonyl (C=O) groups is 3. The number of nitrogens with zero attached hydrogens (tertiary/aromatic N) is 1. The molecule has 3 rings (SSSR count). The molecule has 3 aromatic carbocycles. The molecule has 3 amide bonds. The van der Waals surface area contributed by atoms with Crippen LogP contribution in [0.4, 0.5) is 0 Å². The molecule has 0 unspecified atom stereocenters. The lowest BCUT2D eigenvalue weighted by molar-refractivity contribution is -0.126. The number of rotatable bonds is 15. The quantitative estimate of drug-likeness (QED) is 0.132. The summed E-state index contributed by atoms with van der Waals surface area (Å²) in [4.78, 5) is 39.0. The molecule has 3 aromatic rings. The van der Waals surface area contributed by atoms with E-state index in [0.717, 1.165) is 16.7 Å². The number of aromatic hydroxyl groups is 3. The molecule has 0 radical (unpaired) electrons. The van der Waals surface area contributed by atoms with Gasteiger partial charge in [0.25, 0.3) is 0 Å². The van der Waals surface area contributed by atoms with Crippen molar-refractivity contribution in [3.63, 3.8) is 0 Å². The summed E-state index contributed by atoms with van der Waals surface area (Å²) in [6, 6.07) is 19.5. The smallest absolute Gasteiger partial charge is 0.246 e. The van der Waals surface area contributed by atoms with Gasteiger partial charge in [-0.25, -0.2) is 0 Å². The molecule has 0 spiro atoms. The molecule has 0 fully saturated rings. The molecule has 0 heterocycles. The number of nitrogens with one attached hydrogen (secondary N) is 2. The number of hydrogen-bond donors (Lipinski definition) is 5. The molecule has 9 heteroatoms. The molecule has 5 N–H and O–H groups in total. The molecule has 0 aliphatic heterocycles. The van der Waals surface area contributed by atoms with E-state index in [1.165, 1.54) is 18.2 Å². The Morgan fingerprint density at radius 3 is 1.35 bits per heavy atom. The van der Waals surface area contributed by atoms with Crippen LogP contribution in [0.25, 0.3) is 18.2 Å². The summed E-state index contributed by atoms with van der Waals surface area (Å²) >= 11 is 0. The van der Waals surface area contributed by atoms with Gasteiger partial charge in [0.05, 0.1) is 0 Å². The van der Waals surface area contributed by atoms with Gasteiger partial charge in [0, 0.05) is 44.4 Å². The van der Waals surface area contributed by atoms with Crippen LogP contribution in [-0.4, -0.2) is 64.1 Å². The SMILES string of the molecule is O=C(/C=C\c1ccc(O)cc1)NCCCCN(CCCNC(=O)/C=C\c1ccc(O)cc1)C(=O)/C=C/c1ccc(O)cc1. The van der Waals surface area contributed by atoms with Crippen molar-refractivity contribution in [1.29, 1.82) is 0 Å². The number of hydrogen-bond acceptors (Lipinski definition) is 6. The van der Waals surface area contributed by atoms with Crippen LogP contribution in [0.15, 0.2) is 91.0 Å². The summed E-state index contributed by atoms with van der Waals surface area (Å²) in [5.41, 5.74) is 2.36. The molecular formula is C34H37N3O6. The Morgan fingerprint density at radius 1 is 0.535 bits per heavy atom. The van der Waals surface area contributed by atoms with Crippen LogP contribution in [-0.2, 0) is 14.4 Å². The molecule has 224 valence electrons. The van der Waals surface area contributed by atoms with Crippen molar-refractivity contribution in [2.45, 2.75) is 19.3 Å². The molecule has 0 saturated heterocycles. The van der Waals surface area contributed by atoms with Crippen molar-refractivity contribution in [2.24, 2.45) is 0 Å². The number of carbonyl (C=O) groups excluding carboxylic acids is 3. The Labute approximate surface area is 251 Å². The Hall–Kier alpha value is -5.31. The van der Waals surface area contributed by atoms with Crippen molar-refractivity contribution < 1.29 is 29.7 Å². The highest BCUT2D eigenvalue weighted by Gasteiger charge is 2.11. The molecule has 0 saturated carbocycles. The van der Waals surface area contributed by atoms with Gasteiger partial charge < -0.3 is 30.9 Å². The van der Waals surface area contributed by atoms with Gasteiger partial charge in [-0.2, -0.15) is 0 Å². The van der Waals surface area contributed by atoms with Gasteiger partial charge in [-0.05, 0) is 90.6 Å². The van der Waals surface area contributed by atoms with Crippen molar-refractivity contribution in [2.75, 3.05) is 26.2 Å². The summed E-state index contributed by atoms with van der Waals surface area (Å²) in [6.07, 6.45) is 11.2. The van der Waals surface area contributed by atoms with Gasteiger partial charge in [0.2, 0.25) is 17.7 Å². The molecule has 0 atom stereocenters. The topological polar surface area (TPSA) is 139 Å². The van der Waals surface area contributed by atoms with Crippen LogP contribution in [0.3, 0.4) is 0 Å². The third-order valence-electron chi connectivity index (χ3n) is 6.32. The first-order chi connectivity index (χ1) is 20.8. The van der Waals surface area contributed by atoms with Crippen LogP contribution >= 0.6 is 0 Å². The van der Waals surface area contributed by atoms with E-state index >= 15 is 0 Å². The van der Waals surface area contributed by atoms with E-state index in [1.54, 1.807) is 95.9 Å². The van der Waals surface area contributed by atoms with E-state index in [-0.39, 0.29) is 35.0 Å². The second-order valence-electron chi connectivity index (χ2n) is 9.74. The van der Waals surface area contributed by atoms with Crippen molar-refractivity contribution in [3.8, 4) is 17.2 Å². The monoisotopic (exact) mass is 583 g/mol. The van der Waals surface area contributed by atoms with E-state index in [1.807, 2.05) is 0 Å². The second-order valence-corrected chi connectivity index (χ2v) is 9.74. The Morgan fingerprint density at radius 2 is 0.907 bits per heavy atom. The Bertz CT molecular complexity index is 1410. The number of benzene rings is 3. The van der Waals surface area contributed by atoms with Crippen LogP contribution in [0.2, 0.25) is 0 Å². The van der Waals surface area contributed by atoms with Crippen molar-refractivity contribution >= 4 is 35.9 Å². The standard InChI is InChI=1S/C34H37N3O6/c38-29-13-4-26(5-14-29)10-19-32(41)35-22-1-2-24-37(34(43)21-12-28-8-17-31(40)18-9-28)25-3-23-36-33(42)20-11-27-6-15-30(39)16-7-27/h4-21,38-40H,1-3,22-25H2,(H,35,41)(H,36,42)/b19-10-,20-11-,21-12+. The number of unbranched alkanes of at least 4 members (excludes halogenated alkanes) is 1. The maximum Gasteiger partial charge on any atom is 0.246 e. The molecule has 0 bridgehead atoms. The molecular weight excluding hydrogens is 546 g/mol.